The summed E-state index contributed by atoms with van der Waals surface area (Å²) in [6, 6.07) is 14.5. The van der Waals surface area contributed by atoms with Gasteiger partial charge in [-0.25, -0.2) is 0 Å². The second-order valence-electron chi connectivity index (χ2n) is 8.56. The minimum Gasteiger partial charge on any atom is -0.497 e. The minimum absolute atomic E-state index is 0.0833. The van der Waals surface area contributed by atoms with Crippen LogP contribution in [0.25, 0.3) is 10.6 Å². The van der Waals surface area contributed by atoms with Crippen molar-refractivity contribution in [2.45, 2.75) is 44.6 Å². The smallest absolute Gasteiger partial charge is 0.260 e. The van der Waals surface area contributed by atoms with Gasteiger partial charge in [0.2, 0.25) is 11.0 Å². The first-order valence-corrected chi connectivity index (χ1v) is 13.2. The Balaban J connectivity index is 1.34. The van der Waals surface area contributed by atoms with Crippen LogP contribution in [0, 0.1) is 0 Å². The number of hydrogen-bond donors (Lipinski definition) is 1. The van der Waals surface area contributed by atoms with Crippen molar-refractivity contribution in [3.63, 3.8) is 0 Å². The summed E-state index contributed by atoms with van der Waals surface area (Å²) < 4.78 is 10.9. The molecule has 1 N–H and O–H groups in total. The number of methoxy groups -OCH3 is 1. The van der Waals surface area contributed by atoms with Crippen LogP contribution in [-0.2, 0) is 9.59 Å². The van der Waals surface area contributed by atoms with E-state index in [1.807, 2.05) is 24.3 Å². The Morgan fingerprint density at radius 1 is 1.08 bits per heavy atom. The van der Waals surface area contributed by atoms with Gasteiger partial charge in [0.05, 0.1) is 7.11 Å². The number of nitrogens with zero attached hydrogens (tertiary/aromatic N) is 3. The highest BCUT2D eigenvalue weighted by Gasteiger charge is 2.26. The highest BCUT2D eigenvalue weighted by atomic mass is 35.5. The molecule has 0 unspecified atom stereocenters. The lowest BCUT2D eigenvalue weighted by Gasteiger charge is -2.34. The first kappa shape index (κ1) is 25.9. The molecular weight excluding hydrogens is 500 g/mol. The average molecular weight is 529 g/mol. The Morgan fingerprint density at radius 2 is 1.86 bits per heavy atom. The van der Waals surface area contributed by atoms with Gasteiger partial charge >= 0.3 is 0 Å². The molecule has 2 amide bonds. The lowest BCUT2D eigenvalue weighted by atomic mass is 9.94. The normalized spacial score (nSPS) is 13.7. The molecule has 10 heteroatoms. The number of amides is 2. The molecule has 1 heterocycles. The van der Waals surface area contributed by atoms with Gasteiger partial charge in [0.15, 0.2) is 6.61 Å². The SMILES string of the molecule is COc1cccc(-c2nnc(NC(=O)CCN(C(=O)COc3ccc(Cl)cc3)C3CCCCC3)s2)c1. The predicted molar refractivity (Wildman–Crippen MR) is 141 cm³/mol. The van der Waals surface area contributed by atoms with E-state index in [4.69, 9.17) is 21.1 Å². The van der Waals surface area contributed by atoms with Gasteiger partial charge in [-0.2, -0.15) is 0 Å². The van der Waals surface area contributed by atoms with Gasteiger partial charge in [0, 0.05) is 29.6 Å². The Kier molecular flexibility index (Phi) is 9.13. The fourth-order valence-electron chi connectivity index (χ4n) is 4.21. The van der Waals surface area contributed by atoms with Gasteiger partial charge in [0.1, 0.15) is 16.5 Å². The number of carbonyl (C=O) groups excluding carboxylic acids is 2. The van der Waals surface area contributed by atoms with Crippen LogP contribution in [-0.4, -0.2) is 53.2 Å². The zero-order valence-corrected chi connectivity index (χ0v) is 21.7. The number of aromatic nitrogens is 2. The molecule has 1 aliphatic rings. The topological polar surface area (TPSA) is 93.7 Å². The molecule has 0 spiro atoms. The van der Waals surface area contributed by atoms with Gasteiger partial charge in [0.25, 0.3) is 5.91 Å². The van der Waals surface area contributed by atoms with Gasteiger partial charge in [-0.1, -0.05) is 54.3 Å². The van der Waals surface area contributed by atoms with Crippen molar-refractivity contribution < 1.29 is 19.1 Å². The Hall–Kier alpha value is -3.17. The van der Waals surface area contributed by atoms with Crippen molar-refractivity contribution in [3.8, 4) is 22.1 Å². The number of carbonyl (C=O) groups is 2. The van der Waals surface area contributed by atoms with Crippen LogP contribution in [0.15, 0.2) is 48.5 Å². The molecule has 1 aromatic heterocycles. The van der Waals surface area contributed by atoms with E-state index in [9.17, 15) is 9.59 Å². The molecule has 0 bridgehead atoms. The largest absolute Gasteiger partial charge is 0.497 e. The molecule has 0 aliphatic heterocycles. The summed E-state index contributed by atoms with van der Waals surface area (Å²) in [5.74, 6) is 0.967. The molecule has 3 aromatic rings. The van der Waals surface area contributed by atoms with Crippen LogP contribution in [0.3, 0.4) is 0 Å². The fraction of sp³-hybridized carbons (Fsp3) is 0.385. The highest BCUT2D eigenvalue weighted by Crippen LogP contribution is 2.29. The number of halogens is 1. The van der Waals surface area contributed by atoms with Gasteiger partial charge in [-0.05, 0) is 49.2 Å². The standard InChI is InChI=1S/C26H29ClN4O4S/c1-34-22-9-5-6-18(16-22)25-29-30-26(36-25)28-23(32)14-15-31(20-7-3-2-4-8-20)24(33)17-35-21-12-10-19(27)11-13-21/h5-6,9-13,16,20H,2-4,7-8,14-15,17H2,1H3,(H,28,30,32). The molecule has 1 saturated carbocycles. The minimum atomic E-state index is -0.212. The van der Waals surface area contributed by atoms with Crippen molar-refractivity contribution in [2.75, 3.05) is 25.6 Å². The maximum atomic E-state index is 13.1. The maximum absolute atomic E-state index is 13.1. The second kappa shape index (κ2) is 12.7. The average Bonchev–Trinajstić information content (AvgIpc) is 3.37. The third kappa shape index (κ3) is 7.18. The molecule has 4 rings (SSSR count). The Labute approximate surface area is 219 Å². The third-order valence-electron chi connectivity index (χ3n) is 6.08. The number of ether oxygens (including phenoxy) is 2. The summed E-state index contributed by atoms with van der Waals surface area (Å²) >= 11 is 7.21. The van der Waals surface area contributed by atoms with E-state index in [-0.39, 0.29) is 30.9 Å². The fourth-order valence-corrected chi connectivity index (χ4v) is 5.09. The van der Waals surface area contributed by atoms with E-state index < -0.39 is 0 Å². The zero-order chi connectivity index (χ0) is 25.3. The molecule has 8 nitrogen and oxygen atoms in total. The Bertz CT molecular complexity index is 1160. The molecule has 0 atom stereocenters. The van der Waals surface area contributed by atoms with Crippen molar-refractivity contribution >= 4 is 39.9 Å². The summed E-state index contributed by atoms with van der Waals surface area (Å²) in [4.78, 5) is 27.6. The van der Waals surface area contributed by atoms with Crippen LogP contribution in [0.1, 0.15) is 38.5 Å². The van der Waals surface area contributed by atoms with Gasteiger partial charge in [-0.3, -0.25) is 9.59 Å². The molecule has 0 radical (unpaired) electrons. The quantitative estimate of drug-likeness (QED) is 0.377. The lowest BCUT2D eigenvalue weighted by molar-refractivity contribution is -0.136. The summed E-state index contributed by atoms with van der Waals surface area (Å²) in [7, 11) is 1.61. The number of anilines is 1. The molecule has 1 aliphatic carbocycles. The van der Waals surface area contributed by atoms with E-state index in [0.717, 1.165) is 37.0 Å². The van der Waals surface area contributed by atoms with E-state index in [1.54, 1.807) is 36.3 Å². The van der Waals surface area contributed by atoms with Crippen molar-refractivity contribution in [2.24, 2.45) is 0 Å². The van der Waals surface area contributed by atoms with Crippen LogP contribution in [0.2, 0.25) is 5.02 Å². The van der Waals surface area contributed by atoms with Crippen molar-refractivity contribution in [1.29, 1.82) is 0 Å². The summed E-state index contributed by atoms with van der Waals surface area (Å²) in [5, 5.41) is 12.8. The maximum Gasteiger partial charge on any atom is 0.260 e. The monoisotopic (exact) mass is 528 g/mol. The summed E-state index contributed by atoms with van der Waals surface area (Å²) in [6.07, 6.45) is 5.38. The van der Waals surface area contributed by atoms with Crippen molar-refractivity contribution in [3.05, 3.63) is 53.6 Å². The lowest BCUT2D eigenvalue weighted by Crippen LogP contribution is -2.45. The molecule has 190 valence electrons. The van der Waals surface area contributed by atoms with Crippen LogP contribution >= 0.6 is 22.9 Å². The molecule has 2 aromatic carbocycles. The van der Waals surface area contributed by atoms with E-state index in [1.165, 1.54) is 17.8 Å². The van der Waals surface area contributed by atoms with E-state index in [0.29, 0.717) is 27.5 Å². The van der Waals surface area contributed by atoms with Crippen molar-refractivity contribution in [1.82, 2.24) is 15.1 Å². The van der Waals surface area contributed by atoms with E-state index in [2.05, 4.69) is 15.5 Å². The zero-order valence-electron chi connectivity index (χ0n) is 20.1. The molecule has 36 heavy (non-hydrogen) atoms. The predicted octanol–water partition coefficient (Wildman–Crippen LogP) is 5.44. The second-order valence-corrected chi connectivity index (χ2v) is 9.98. The molecule has 1 fully saturated rings. The first-order chi connectivity index (χ1) is 17.5. The number of benzene rings is 2. The summed E-state index contributed by atoms with van der Waals surface area (Å²) in [6.45, 7) is 0.237. The Morgan fingerprint density at radius 3 is 2.61 bits per heavy atom. The number of rotatable bonds is 10. The van der Waals surface area contributed by atoms with Crippen LogP contribution < -0.4 is 14.8 Å². The molecular formula is C26H29ClN4O4S. The summed E-state index contributed by atoms with van der Waals surface area (Å²) in [5.41, 5.74) is 0.863. The van der Waals surface area contributed by atoms with Gasteiger partial charge in [-0.15, -0.1) is 10.2 Å². The highest BCUT2D eigenvalue weighted by molar-refractivity contribution is 7.18. The van der Waals surface area contributed by atoms with Crippen LogP contribution in [0.5, 0.6) is 11.5 Å². The number of hydrogen-bond acceptors (Lipinski definition) is 7. The van der Waals surface area contributed by atoms with E-state index >= 15 is 0 Å². The van der Waals surface area contributed by atoms with Gasteiger partial charge < -0.3 is 19.7 Å². The number of nitrogens with one attached hydrogen (secondary N) is 1. The first-order valence-electron chi connectivity index (χ1n) is 12.0. The molecule has 0 saturated heterocycles. The van der Waals surface area contributed by atoms with Crippen LogP contribution in [0.4, 0.5) is 5.13 Å². The third-order valence-corrected chi connectivity index (χ3v) is 7.22.